The Bertz CT molecular complexity index is 537. The predicted octanol–water partition coefficient (Wildman–Crippen LogP) is 1.48. The van der Waals surface area contributed by atoms with Crippen molar-refractivity contribution in [1.29, 1.82) is 5.26 Å². The number of rotatable bonds is 8. The summed E-state index contributed by atoms with van der Waals surface area (Å²) in [6.07, 6.45) is 4.82. The smallest absolute Gasteiger partial charge is 0.264 e. The summed E-state index contributed by atoms with van der Waals surface area (Å²) in [5.74, 6) is 0.610. The third kappa shape index (κ3) is 7.39. The number of pyridine rings is 1. The van der Waals surface area contributed by atoms with E-state index in [0.29, 0.717) is 24.5 Å². The summed E-state index contributed by atoms with van der Waals surface area (Å²) in [6.45, 7) is 0.709. The maximum Gasteiger partial charge on any atom is 0.264 e. The topological polar surface area (TPSA) is 89.3 Å². The molecule has 0 aromatic carbocycles. The van der Waals surface area contributed by atoms with Gasteiger partial charge in [0.15, 0.2) is 0 Å². The molecule has 1 aromatic rings. The summed E-state index contributed by atoms with van der Waals surface area (Å²) >= 11 is 0. The zero-order valence-electron chi connectivity index (χ0n) is 10.7. The molecular weight excluding hydrogens is 268 g/mol. The van der Waals surface area contributed by atoms with Gasteiger partial charge < -0.3 is 4.74 Å². The van der Waals surface area contributed by atoms with Crippen molar-refractivity contribution in [3.05, 3.63) is 24.0 Å². The number of aromatic nitrogens is 1. The van der Waals surface area contributed by atoms with Gasteiger partial charge in [-0.2, -0.15) is 13.7 Å². The molecule has 0 amide bonds. The second-order valence-electron chi connectivity index (χ2n) is 3.92. The van der Waals surface area contributed by atoms with Gasteiger partial charge in [0.05, 0.1) is 19.5 Å². The van der Waals surface area contributed by atoms with Crippen molar-refractivity contribution in [3.8, 4) is 11.8 Å². The van der Waals surface area contributed by atoms with Gasteiger partial charge in [-0.05, 0) is 25.3 Å². The lowest BCUT2D eigenvalue weighted by Gasteiger charge is -2.05. The molecule has 6 nitrogen and oxygen atoms in total. The third-order valence-electron chi connectivity index (χ3n) is 2.20. The second-order valence-corrected chi connectivity index (χ2v) is 5.57. The maximum atomic E-state index is 10.7. The lowest BCUT2D eigenvalue weighted by molar-refractivity contribution is 0.282. The van der Waals surface area contributed by atoms with Crippen molar-refractivity contribution in [1.82, 2.24) is 4.98 Å². The van der Waals surface area contributed by atoms with Crippen LogP contribution in [0.4, 0.5) is 0 Å². The highest BCUT2D eigenvalue weighted by molar-refractivity contribution is 7.85. The van der Waals surface area contributed by atoms with Crippen LogP contribution in [0.5, 0.6) is 5.75 Å². The van der Waals surface area contributed by atoms with Gasteiger partial charge in [-0.25, -0.2) is 4.98 Å². The first kappa shape index (κ1) is 15.4. The van der Waals surface area contributed by atoms with Gasteiger partial charge in [0.1, 0.15) is 17.5 Å². The first-order valence-electron chi connectivity index (χ1n) is 5.84. The molecule has 0 N–H and O–H groups in total. The van der Waals surface area contributed by atoms with Gasteiger partial charge in [-0.3, -0.25) is 4.18 Å². The molecule has 0 bridgehead atoms. The average Bonchev–Trinajstić information content (AvgIpc) is 2.36. The molecule has 0 unspecified atom stereocenters. The Morgan fingerprint density at radius 3 is 2.74 bits per heavy atom. The van der Waals surface area contributed by atoms with Gasteiger partial charge in [-0.1, -0.05) is 0 Å². The van der Waals surface area contributed by atoms with Crippen LogP contribution < -0.4 is 4.74 Å². The Hall–Kier alpha value is -1.65. The Morgan fingerprint density at radius 2 is 2.05 bits per heavy atom. The van der Waals surface area contributed by atoms with Crippen molar-refractivity contribution in [3.63, 3.8) is 0 Å². The van der Waals surface area contributed by atoms with Gasteiger partial charge in [0.2, 0.25) is 0 Å². The van der Waals surface area contributed by atoms with Crippen LogP contribution in [0.2, 0.25) is 0 Å². The minimum atomic E-state index is -3.34. The van der Waals surface area contributed by atoms with E-state index in [0.717, 1.165) is 19.1 Å². The van der Waals surface area contributed by atoms with Crippen LogP contribution in [0.25, 0.3) is 0 Å². The normalized spacial score (nSPS) is 10.9. The number of hydrogen-bond acceptors (Lipinski definition) is 6. The number of nitrogens with zero attached hydrogens (tertiary/aromatic N) is 2. The largest absolute Gasteiger partial charge is 0.493 e. The Balaban J connectivity index is 2.12. The molecule has 0 aliphatic carbocycles. The van der Waals surface area contributed by atoms with Crippen molar-refractivity contribution >= 4 is 10.1 Å². The first-order valence-corrected chi connectivity index (χ1v) is 7.66. The minimum absolute atomic E-state index is 0.201. The molecule has 0 aliphatic rings. The fourth-order valence-corrected chi connectivity index (χ4v) is 1.76. The van der Waals surface area contributed by atoms with Gasteiger partial charge in [-0.15, -0.1) is 0 Å². The number of ether oxygens (including phenoxy) is 1. The number of nitriles is 1. The molecular formula is C12H16N2O4S. The Morgan fingerprint density at radius 1 is 1.32 bits per heavy atom. The summed E-state index contributed by atoms with van der Waals surface area (Å²) in [7, 11) is -3.34. The molecule has 1 rings (SSSR count). The second kappa shape index (κ2) is 7.71. The molecule has 0 saturated heterocycles. The van der Waals surface area contributed by atoms with E-state index in [4.69, 9.17) is 10.00 Å². The summed E-state index contributed by atoms with van der Waals surface area (Å²) in [5.41, 5.74) is 0.319. The van der Waals surface area contributed by atoms with Crippen LogP contribution in [0.15, 0.2) is 18.3 Å². The van der Waals surface area contributed by atoms with Crippen LogP contribution in [-0.4, -0.2) is 32.9 Å². The van der Waals surface area contributed by atoms with Gasteiger partial charge in [0.25, 0.3) is 10.1 Å². The highest BCUT2D eigenvalue weighted by Gasteiger charge is 2.01. The van der Waals surface area contributed by atoms with Crippen LogP contribution in [0.1, 0.15) is 25.0 Å². The van der Waals surface area contributed by atoms with E-state index < -0.39 is 10.1 Å². The fraction of sp³-hybridized carbons (Fsp3) is 0.500. The highest BCUT2D eigenvalue weighted by Crippen LogP contribution is 2.11. The molecule has 0 aliphatic heterocycles. The quantitative estimate of drug-likeness (QED) is 0.530. The minimum Gasteiger partial charge on any atom is -0.493 e. The standard InChI is InChI=1S/C12H16N2O4S/c1-19(15,16)18-8-4-2-3-7-17-12-5-6-14-11(9-12)10-13/h5-6,9H,2-4,7-8H2,1H3. The zero-order valence-corrected chi connectivity index (χ0v) is 11.5. The van der Waals surface area contributed by atoms with Crippen molar-refractivity contribution in [2.45, 2.75) is 19.3 Å². The van der Waals surface area contributed by atoms with Gasteiger partial charge >= 0.3 is 0 Å². The van der Waals surface area contributed by atoms with Crippen molar-refractivity contribution in [2.24, 2.45) is 0 Å². The summed E-state index contributed by atoms with van der Waals surface area (Å²) in [6, 6.07) is 5.20. The summed E-state index contributed by atoms with van der Waals surface area (Å²) in [5, 5.41) is 8.67. The fourth-order valence-electron chi connectivity index (χ4n) is 1.34. The van der Waals surface area contributed by atoms with Crippen LogP contribution >= 0.6 is 0 Å². The SMILES string of the molecule is CS(=O)(=O)OCCCCCOc1ccnc(C#N)c1. The molecule has 0 saturated carbocycles. The van der Waals surface area contributed by atoms with Crippen molar-refractivity contribution < 1.29 is 17.3 Å². The summed E-state index contributed by atoms with van der Waals surface area (Å²) in [4.78, 5) is 3.84. The Labute approximate surface area is 113 Å². The van der Waals surface area contributed by atoms with Crippen LogP contribution in [0, 0.1) is 11.3 Å². The van der Waals surface area contributed by atoms with E-state index in [1.165, 1.54) is 6.20 Å². The molecule has 19 heavy (non-hydrogen) atoms. The molecule has 1 aromatic heterocycles. The molecule has 0 fully saturated rings. The molecule has 0 radical (unpaired) electrons. The van der Waals surface area contributed by atoms with E-state index in [1.54, 1.807) is 12.1 Å². The monoisotopic (exact) mass is 284 g/mol. The van der Waals surface area contributed by atoms with E-state index in [2.05, 4.69) is 9.17 Å². The maximum absolute atomic E-state index is 10.7. The van der Waals surface area contributed by atoms with Crippen LogP contribution in [0.3, 0.4) is 0 Å². The van der Waals surface area contributed by atoms with E-state index in [-0.39, 0.29) is 6.61 Å². The highest BCUT2D eigenvalue weighted by atomic mass is 32.2. The molecule has 0 spiro atoms. The van der Waals surface area contributed by atoms with Crippen molar-refractivity contribution in [2.75, 3.05) is 19.5 Å². The average molecular weight is 284 g/mol. The van der Waals surface area contributed by atoms with Gasteiger partial charge in [0, 0.05) is 12.3 Å². The molecule has 104 valence electrons. The summed E-state index contributed by atoms with van der Waals surface area (Å²) < 4.78 is 31.4. The number of unbranched alkanes of at least 4 members (excludes halogenated alkanes) is 2. The van der Waals surface area contributed by atoms with E-state index in [1.807, 2.05) is 6.07 Å². The third-order valence-corrected chi connectivity index (χ3v) is 2.80. The lowest BCUT2D eigenvalue weighted by atomic mass is 10.2. The van der Waals surface area contributed by atoms with E-state index >= 15 is 0 Å². The Kier molecular flexibility index (Phi) is 6.25. The molecule has 1 heterocycles. The lowest BCUT2D eigenvalue weighted by Crippen LogP contribution is -2.04. The molecule has 0 atom stereocenters. The first-order chi connectivity index (χ1) is 9.01. The number of hydrogen-bond donors (Lipinski definition) is 0. The van der Waals surface area contributed by atoms with E-state index in [9.17, 15) is 8.42 Å². The van der Waals surface area contributed by atoms with Crippen LogP contribution in [-0.2, 0) is 14.3 Å². The zero-order chi connectivity index (χ0) is 14.1. The molecule has 7 heteroatoms. The predicted molar refractivity (Wildman–Crippen MR) is 69.1 cm³/mol.